The van der Waals surface area contributed by atoms with Crippen molar-refractivity contribution in [2.75, 3.05) is 19.6 Å². The van der Waals surface area contributed by atoms with Crippen molar-refractivity contribution in [3.05, 3.63) is 29.1 Å². The lowest BCUT2D eigenvalue weighted by molar-refractivity contribution is -0.141. The van der Waals surface area contributed by atoms with Crippen LogP contribution in [0.5, 0.6) is 0 Å². The first-order valence-corrected chi connectivity index (χ1v) is 8.42. The molecule has 1 amide bonds. The second-order valence-corrected chi connectivity index (χ2v) is 6.75. The van der Waals surface area contributed by atoms with E-state index in [4.69, 9.17) is 0 Å². The third-order valence-electron chi connectivity index (χ3n) is 4.78. The molecular weight excluding hydrogens is 355 g/mol. The van der Waals surface area contributed by atoms with E-state index in [0.717, 1.165) is 31.4 Å². The molecule has 1 aromatic heterocycles. The lowest BCUT2D eigenvalue weighted by Gasteiger charge is -2.33. The number of hydrogen-bond acceptors (Lipinski definition) is 3. The number of hydrogen-bond donors (Lipinski definition) is 1. The van der Waals surface area contributed by atoms with Crippen molar-refractivity contribution in [3.8, 4) is 0 Å². The molecule has 8 heteroatoms. The van der Waals surface area contributed by atoms with Crippen LogP contribution in [-0.2, 0) is 6.18 Å². The molecule has 2 fully saturated rings. The minimum atomic E-state index is -4.49. The van der Waals surface area contributed by atoms with Crippen molar-refractivity contribution in [2.45, 2.75) is 44.8 Å². The van der Waals surface area contributed by atoms with Gasteiger partial charge in [0.15, 0.2) is 0 Å². The normalized spacial score (nSPS) is 18.8. The summed E-state index contributed by atoms with van der Waals surface area (Å²) < 4.78 is 38.0. The molecule has 25 heavy (non-hydrogen) atoms. The Morgan fingerprint density at radius 2 is 1.88 bits per heavy atom. The van der Waals surface area contributed by atoms with Gasteiger partial charge in [-0.05, 0) is 57.2 Å². The van der Waals surface area contributed by atoms with Gasteiger partial charge in [0.2, 0.25) is 0 Å². The third kappa shape index (κ3) is 5.07. The maximum Gasteiger partial charge on any atom is 0.433 e. The smallest absolute Gasteiger partial charge is 0.338 e. The second-order valence-electron chi connectivity index (χ2n) is 6.75. The number of halogens is 4. The molecule has 2 aliphatic rings. The predicted octanol–water partition coefficient (Wildman–Crippen LogP) is 3.43. The molecule has 0 atom stereocenters. The van der Waals surface area contributed by atoms with Gasteiger partial charge in [0.25, 0.3) is 5.91 Å². The summed E-state index contributed by atoms with van der Waals surface area (Å²) in [6.45, 7) is 3.76. The Morgan fingerprint density at radius 3 is 2.40 bits per heavy atom. The molecule has 2 heterocycles. The van der Waals surface area contributed by atoms with Crippen molar-refractivity contribution in [1.82, 2.24) is 15.2 Å². The van der Waals surface area contributed by atoms with Crippen molar-refractivity contribution in [2.24, 2.45) is 5.92 Å². The van der Waals surface area contributed by atoms with Gasteiger partial charge < -0.3 is 10.2 Å². The summed E-state index contributed by atoms with van der Waals surface area (Å²) in [5.41, 5.74) is -0.573. The Balaban J connectivity index is 0.00000225. The molecule has 0 radical (unpaired) electrons. The van der Waals surface area contributed by atoms with Gasteiger partial charge in [-0.1, -0.05) is 0 Å². The summed E-state index contributed by atoms with van der Waals surface area (Å²) in [6, 6.07) is 2.55. The monoisotopic (exact) mass is 377 g/mol. The number of pyridine rings is 1. The van der Waals surface area contributed by atoms with E-state index in [0.29, 0.717) is 19.1 Å². The van der Waals surface area contributed by atoms with E-state index in [1.165, 1.54) is 25.8 Å². The largest absolute Gasteiger partial charge is 0.433 e. The quantitative estimate of drug-likeness (QED) is 0.874. The number of nitrogens with zero attached hydrogens (tertiary/aromatic N) is 2. The molecular formula is C17H23ClF3N3O. The first-order chi connectivity index (χ1) is 11.3. The molecule has 1 N–H and O–H groups in total. The molecule has 1 aliphatic heterocycles. The number of likely N-dealkylation sites (tertiary alicyclic amines) is 1. The molecule has 0 unspecified atom stereocenters. The van der Waals surface area contributed by atoms with E-state index < -0.39 is 11.9 Å². The van der Waals surface area contributed by atoms with Crippen molar-refractivity contribution >= 4 is 18.3 Å². The number of aromatic nitrogens is 1. The zero-order valence-corrected chi connectivity index (χ0v) is 14.9. The summed E-state index contributed by atoms with van der Waals surface area (Å²) >= 11 is 0. The maximum atomic E-state index is 12.7. The predicted molar refractivity (Wildman–Crippen MR) is 90.9 cm³/mol. The highest BCUT2D eigenvalue weighted by Gasteiger charge is 2.33. The van der Waals surface area contributed by atoms with Gasteiger partial charge in [-0.3, -0.25) is 4.79 Å². The number of aryl methyl sites for hydroxylation is 1. The Morgan fingerprint density at radius 1 is 1.24 bits per heavy atom. The molecule has 0 spiro atoms. The topological polar surface area (TPSA) is 45.2 Å². The van der Waals surface area contributed by atoms with E-state index in [2.05, 4.69) is 10.3 Å². The van der Waals surface area contributed by atoms with Crippen LogP contribution in [0.2, 0.25) is 0 Å². The summed E-state index contributed by atoms with van der Waals surface area (Å²) in [7, 11) is 0. The number of alkyl halides is 3. The van der Waals surface area contributed by atoms with Gasteiger partial charge in [0.1, 0.15) is 5.69 Å². The van der Waals surface area contributed by atoms with Gasteiger partial charge in [0.05, 0.1) is 11.3 Å². The number of rotatable bonds is 4. The molecule has 0 bridgehead atoms. The van der Waals surface area contributed by atoms with Gasteiger partial charge >= 0.3 is 6.18 Å². The van der Waals surface area contributed by atoms with Crippen molar-refractivity contribution < 1.29 is 18.0 Å². The number of amides is 1. The second kappa shape index (κ2) is 7.91. The van der Waals surface area contributed by atoms with Gasteiger partial charge in [-0.25, -0.2) is 4.98 Å². The fourth-order valence-electron chi connectivity index (χ4n) is 3.06. The highest BCUT2D eigenvalue weighted by molar-refractivity contribution is 5.95. The van der Waals surface area contributed by atoms with Crippen molar-refractivity contribution in [1.29, 1.82) is 0 Å². The Bertz CT molecular complexity index is 612. The summed E-state index contributed by atoms with van der Waals surface area (Å²) in [5.74, 6) is 0.597. The lowest BCUT2D eigenvalue weighted by atomic mass is 10.0. The highest BCUT2D eigenvalue weighted by atomic mass is 35.5. The Kier molecular flexibility index (Phi) is 6.32. The lowest BCUT2D eigenvalue weighted by Crippen LogP contribution is -2.45. The minimum Gasteiger partial charge on any atom is -0.338 e. The van der Waals surface area contributed by atoms with E-state index in [1.54, 1.807) is 4.90 Å². The SMILES string of the molecule is Cc1nc(C(F)(F)F)ccc1C(=O)N1CCC(NCC2CC2)CC1.Cl. The summed E-state index contributed by atoms with van der Waals surface area (Å²) in [5, 5.41) is 3.54. The number of carbonyl (C=O) groups excluding carboxylic acids is 1. The Labute approximate surface area is 151 Å². The molecule has 140 valence electrons. The van der Waals surface area contributed by atoms with Crippen LogP contribution in [0.25, 0.3) is 0 Å². The number of carbonyl (C=O) groups is 1. The average molecular weight is 378 g/mol. The number of piperidine rings is 1. The minimum absolute atomic E-state index is 0. The van der Waals surface area contributed by atoms with E-state index in [1.807, 2.05) is 0 Å². The molecule has 1 saturated carbocycles. The molecule has 1 aliphatic carbocycles. The average Bonchev–Trinajstić information content (AvgIpc) is 3.36. The van der Waals surface area contributed by atoms with Crippen molar-refractivity contribution in [3.63, 3.8) is 0 Å². The van der Waals surface area contributed by atoms with E-state index >= 15 is 0 Å². The third-order valence-corrected chi connectivity index (χ3v) is 4.78. The van der Waals surface area contributed by atoms with Gasteiger partial charge in [-0.15, -0.1) is 12.4 Å². The van der Waals surface area contributed by atoms with Crippen LogP contribution in [0.15, 0.2) is 12.1 Å². The van der Waals surface area contributed by atoms with Crippen LogP contribution < -0.4 is 5.32 Å². The summed E-state index contributed by atoms with van der Waals surface area (Å²) in [6.07, 6.45) is -0.107. The van der Waals surface area contributed by atoms with Crippen LogP contribution >= 0.6 is 12.4 Å². The first kappa shape index (κ1) is 20.0. The van der Waals surface area contributed by atoms with Crippen LogP contribution in [0.4, 0.5) is 13.2 Å². The molecule has 0 aromatic carbocycles. The van der Waals surface area contributed by atoms with Gasteiger partial charge in [0, 0.05) is 19.1 Å². The standard InChI is InChI=1S/C17H22F3N3O.ClH/c1-11-14(4-5-15(22-11)17(18,19)20)16(24)23-8-6-13(7-9-23)21-10-12-2-3-12;/h4-5,12-13,21H,2-3,6-10H2,1H3;1H. The molecule has 3 rings (SSSR count). The first-order valence-electron chi connectivity index (χ1n) is 8.42. The van der Waals surface area contributed by atoms with Crippen LogP contribution in [0.3, 0.4) is 0 Å². The van der Waals surface area contributed by atoms with Gasteiger partial charge in [-0.2, -0.15) is 13.2 Å². The highest BCUT2D eigenvalue weighted by Crippen LogP contribution is 2.29. The molecule has 1 saturated heterocycles. The van der Waals surface area contributed by atoms with Crippen LogP contribution in [-0.4, -0.2) is 41.5 Å². The zero-order valence-electron chi connectivity index (χ0n) is 14.1. The van der Waals surface area contributed by atoms with E-state index in [-0.39, 0.29) is 29.6 Å². The van der Waals surface area contributed by atoms with Crippen LogP contribution in [0, 0.1) is 12.8 Å². The Hall–Kier alpha value is -1.34. The number of nitrogens with one attached hydrogen (secondary N) is 1. The summed E-state index contributed by atoms with van der Waals surface area (Å²) in [4.78, 5) is 17.8. The fourth-order valence-corrected chi connectivity index (χ4v) is 3.06. The zero-order chi connectivity index (χ0) is 17.3. The molecule has 1 aromatic rings. The molecule has 4 nitrogen and oxygen atoms in total. The maximum absolute atomic E-state index is 12.7. The fraction of sp³-hybridized carbons (Fsp3) is 0.647. The van der Waals surface area contributed by atoms with Crippen LogP contribution in [0.1, 0.15) is 47.4 Å². The van der Waals surface area contributed by atoms with E-state index in [9.17, 15) is 18.0 Å².